The molecule has 1 aromatic carbocycles. The van der Waals surface area contributed by atoms with E-state index in [0.29, 0.717) is 16.6 Å². The molecule has 3 N–H and O–H groups in total. The number of carbonyl (C=O) groups is 2. The molecule has 5 nitrogen and oxygen atoms in total. The standard InChI is InChI=1S/C21H22ClN3O2S2/c1-12(26)23-6-7-28-11-16-15-5-3-2-4-13(15)8-17(16)24-20(27)18-9-14-10-19(22)29-21(14)25-18/h2-5,9-10,16-17,25H,6-8,11H2,1H3,(H,23,26)(H,24,27)/t16-,17-/m1/s1. The van der Waals surface area contributed by atoms with E-state index in [1.165, 1.54) is 29.4 Å². The van der Waals surface area contributed by atoms with Gasteiger partial charge in [-0.2, -0.15) is 11.8 Å². The third-order valence-electron chi connectivity index (χ3n) is 5.14. The fourth-order valence-electron chi connectivity index (χ4n) is 3.81. The molecule has 2 amide bonds. The molecular weight excluding hydrogens is 426 g/mol. The Balaban J connectivity index is 1.43. The molecule has 0 unspecified atom stereocenters. The van der Waals surface area contributed by atoms with E-state index in [4.69, 9.17) is 11.6 Å². The van der Waals surface area contributed by atoms with E-state index in [9.17, 15) is 9.59 Å². The predicted octanol–water partition coefficient (Wildman–Crippen LogP) is 4.19. The quantitative estimate of drug-likeness (QED) is 0.475. The molecule has 4 rings (SSSR count). The SMILES string of the molecule is CC(=O)NCCSC[C@@H]1c2ccccc2C[C@H]1NC(=O)c1cc2cc(Cl)sc2[nH]1. The summed E-state index contributed by atoms with van der Waals surface area (Å²) in [4.78, 5) is 28.0. The van der Waals surface area contributed by atoms with E-state index >= 15 is 0 Å². The van der Waals surface area contributed by atoms with Crippen molar-refractivity contribution in [3.05, 3.63) is 57.6 Å². The van der Waals surface area contributed by atoms with Crippen molar-refractivity contribution in [3.8, 4) is 0 Å². The smallest absolute Gasteiger partial charge is 0.268 e. The van der Waals surface area contributed by atoms with Crippen molar-refractivity contribution >= 4 is 56.7 Å². The third kappa shape index (κ3) is 4.63. The van der Waals surface area contributed by atoms with Gasteiger partial charge in [-0.1, -0.05) is 35.9 Å². The predicted molar refractivity (Wildman–Crippen MR) is 121 cm³/mol. The first kappa shape index (κ1) is 20.3. The second-order valence-electron chi connectivity index (χ2n) is 7.17. The summed E-state index contributed by atoms with van der Waals surface area (Å²) in [6.07, 6.45) is 0.833. The summed E-state index contributed by atoms with van der Waals surface area (Å²) in [7, 11) is 0. The van der Waals surface area contributed by atoms with Gasteiger partial charge in [0.2, 0.25) is 5.91 Å². The molecule has 29 heavy (non-hydrogen) atoms. The number of nitrogens with one attached hydrogen (secondary N) is 3. The number of aromatic amines is 1. The summed E-state index contributed by atoms with van der Waals surface area (Å²) in [5.74, 6) is 1.91. The average Bonchev–Trinajstić information content (AvgIpc) is 3.32. The summed E-state index contributed by atoms with van der Waals surface area (Å²) in [5.41, 5.74) is 3.17. The normalized spacial score (nSPS) is 18.0. The van der Waals surface area contributed by atoms with Crippen LogP contribution in [0.2, 0.25) is 4.34 Å². The summed E-state index contributed by atoms with van der Waals surface area (Å²) in [5, 5.41) is 7.02. The topological polar surface area (TPSA) is 74.0 Å². The van der Waals surface area contributed by atoms with Crippen LogP contribution in [0.3, 0.4) is 0 Å². The Hall–Kier alpha value is -1.96. The highest BCUT2D eigenvalue weighted by molar-refractivity contribution is 7.99. The van der Waals surface area contributed by atoms with E-state index < -0.39 is 0 Å². The Bertz CT molecular complexity index is 1010. The highest BCUT2D eigenvalue weighted by Gasteiger charge is 2.33. The summed E-state index contributed by atoms with van der Waals surface area (Å²) in [6, 6.07) is 12.2. The van der Waals surface area contributed by atoms with Crippen molar-refractivity contribution in [2.75, 3.05) is 18.1 Å². The molecule has 0 aliphatic heterocycles. The van der Waals surface area contributed by atoms with Crippen LogP contribution in [0.4, 0.5) is 0 Å². The molecule has 0 spiro atoms. The van der Waals surface area contributed by atoms with Crippen molar-refractivity contribution in [1.29, 1.82) is 0 Å². The molecule has 3 aromatic rings. The molecule has 0 radical (unpaired) electrons. The Morgan fingerprint density at radius 2 is 2.14 bits per heavy atom. The maximum atomic E-state index is 12.9. The number of rotatable bonds is 7. The lowest BCUT2D eigenvalue weighted by atomic mass is 10.0. The van der Waals surface area contributed by atoms with Gasteiger partial charge in [-0.3, -0.25) is 9.59 Å². The van der Waals surface area contributed by atoms with Gasteiger partial charge in [-0.15, -0.1) is 11.3 Å². The number of hydrogen-bond acceptors (Lipinski definition) is 4. The van der Waals surface area contributed by atoms with Crippen LogP contribution in [0.25, 0.3) is 10.2 Å². The zero-order chi connectivity index (χ0) is 20.4. The Kier molecular flexibility index (Phi) is 6.18. The number of fused-ring (bicyclic) bond motifs is 2. The minimum atomic E-state index is -0.0874. The minimum absolute atomic E-state index is 0.00547. The maximum absolute atomic E-state index is 12.9. The van der Waals surface area contributed by atoms with Crippen LogP contribution in [0.1, 0.15) is 34.5 Å². The number of thiophene rings is 1. The van der Waals surface area contributed by atoms with E-state index in [2.05, 4.69) is 33.8 Å². The number of H-pyrrole nitrogens is 1. The molecule has 0 fully saturated rings. The number of hydrogen-bond donors (Lipinski definition) is 3. The third-order valence-corrected chi connectivity index (χ3v) is 7.42. The van der Waals surface area contributed by atoms with Gasteiger partial charge in [0.05, 0.1) is 4.34 Å². The van der Waals surface area contributed by atoms with Gasteiger partial charge in [-0.05, 0) is 29.7 Å². The molecule has 1 aliphatic carbocycles. The van der Waals surface area contributed by atoms with Crippen LogP contribution in [-0.2, 0) is 11.2 Å². The monoisotopic (exact) mass is 447 g/mol. The van der Waals surface area contributed by atoms with E-state index in [-0.39, 0.29) is 23.8 Å². The van der Waals surface area contributed by atoms with Crippen LogP contribution < -0.4 is 10.6 Å². The van der Waals surface area contributed by atoms with Crippen molar-refractivity contribution < 1.29 is 9.59 Å². The van der Waals surface area contributed by atoms with Gasteiger partial charge in [0.1, 0.15) is 10.5 Å². The lowest BCUT2D eigenvalue weighted by molar-refractivity contribution is -0.118. The van der Waals surface area contributed by atoms with E-state index in [0.717, 1.165) is 28.1 Å². The summed E-state index contributed by atoms with van der Waals surface area (Å²) >= 11 is 9.27. The van der Waals surface area contributed by atoms with Gasteiger partial charge >= 0.3 is 0 Å². The number of amides is 2. The van der Waals surface area contributed by atoms with Crippen molar-refractivity contribution in [3.63, 3.8) is 0 Å². The van der Waals surface area contributed by atoms with E-state index in [1.807, 2.05) is 18.2 Å². The molecule has 2 aromatic heterocycles. The first-order valence-corrected chi connectivity index (χ1v) is 11.8. The van der Waals surface area contributed by atoms with Crippen molar-refractivity contribution in [1.82, 2.24) is 15.6 Å². The highest BCUT2D eigenvalue weighted by atomic mass is 35.5. The molecule has 0 saturated carbocycles. The van der Waals surface area contributed by atoms with Crippen LogP contribution in [0.5, 0.6) is 0 Å². The molecule has 0 bridgehead atoms. The molecule has 1 aliphatic rings. The number of aromatic nitrogens is 1. The number of halogens is 1. The molecule has 0 saturated heterocycles. The van der Waals surface area contributed by atoms with Crippen LogP contribution in [-0.4, -0.2) is 40.9 Å². The lowest BCUT2D eigenvalue weighted by Crippen LogP contribution is -2.38. The average molecular weight is 448 g/mol. The number of carbonyl (C=O) groups excluding carboxylic acids is 2. The summed E-state index contributed by atoms with van der Waals surface area (Å²) < 4.78 is 0.709. The van der Waals surface area contributed by atoms with Gasteiger partial charge < -0.3 is 15.6 Å². The Labute approximate surface area is 182 Å². The zero-order valence-electron chi connectivity index (χ0n) is 16.0. The maximum Gasteiger partial charge on any atom is 0.268 e. The number of benzene rings is 1. The summed E-state index contributed by atoms with van der Waals surface area (Å²) in [6.45, 7) is 2.19. The van der Waals surface area contributed by atoms with Crippen LogP contribution in [0.15, 0.2) is 36.4 Å². The number of thioether (sulfide) groups is 1. The largest absolute Gasteiger partial charge is 0.356 e. The van der Waals surface area contributed by atoms with Crippen molar-refractivity contribution in [2.45, 2.75) is 25.3 Å². The van der Waals surface area contributed by atoms with Gasteiger partial charge in [0.15, 0.2) is 0 Å². The second-order valence-corrected chi connectivity index (χ2v) is 10.00. The molecule has 2 heterocycles. The van der Waals surface area contributed by atoms with Crippen LogP contribution in [0, 0.1) is 0 Å². The molecule has 152 valence electrons. The molecular formula is C21H22ClN3O2S2. The van der Waals surface area contributed by atoms with Crippen molar-refractivity contribution in [2.24, 2.45) is 0 Å². The fraction of sp³-hybridized carbons (Fsp3) is 0.333. The first-order chi connectivity index (χ1) is 14.0. The molecule has 2 atom stereocenters. The fourth-order valence-corrected chi connectivity index (χ4v) is 6.01. The van der Waals surface area contributed by atoms with Gasteiger partial charge in [0, 0.05) is 42.3 Å². The Morgan fingerprint density at radius 3 is 2.93 bits per heavy atom. The van der Waals surface area contributed by atoms with Gasteiger partial charge in [0.25, 0.3) is 5.91 Å². The van der Waals surface area contributed by atoms with Crippen LogP contribution >= 0.6 is 34.7 Å². The van der Waals surface area contributed by atoms with E-state index in [1.54, 1.807) is 11.8 Å². The Morgan fingerprint density at radius 1 is 1.31 bits per heavy atom. The zero-order valence-corrected chi connectivity index (χ0v) is 18.3. The first-order valence-electron chi connectivity index (χ1n) is 9.50. The second kappa shape index (κ2) is 8.81. The highest BCUT2D eigenvalue weighted by Crippen LogP contribution is 2.36. The molecule has 8 heteroatoms. The van der Waals surface area contributed by atoms with Gasteiger partial charge in [-0.25, -0.2) is 0 Å². The lowest BCUT2D eigenvalue weighted by Gasteiger charge is -2.21. The minimum Gasteiger partial charge on any atom is -0.356 e.